The molecular formula is C11H14BrFN2O2S. The average molecular weight is 337 g/mol. The Morgan fingerprint density at radius 1 is 1.33 bits per heavy atom. The summed E-state index contributed by atoms with van der Waals surface area (Å²) in [6.45, 7) is 0.816. The van der Waals surface area contributed by atoms with Crippen molar-refractivity contribution < 1.29 is 12.8 Å². The third kappa shape index (κ3) is 3.74. The van der Waals surface area contributed by atoms with Crippen molar-refractivity contribution in [2.45, 2.75) is 23.8 Å². The standard InChI is InChI=1S/C11H14BrFN2O2S/c12-8-1-4-11(10(13)7-8)18(16,17)15-6-5-14-9-2-3-9/h1,4,7,9,14-15H,2-3,5-6H2. The maximum absolute atomic E-state index is 13.5. The first kappa shape index (κ1) is 13.9. The Balaban J connectivity index is 1.95. The SMILES string of the molecule is O=S(=O)(NCCNC1CC1)c1ccc(Br)cc1F. The molecule has 0 aliphatic heterocycles. The molecule has 0 amide bonds. The van der Waals surface area contributed by atoms with Gasteiger partial charge in [-0.1, -0.05) is 15.9 Å². The van der Waals surface area contributed by atoms with Crippen LogP contribution in [0.1, 0.15) is 12.8 Å². The predicted octanol–water partition coefficient (Wildman–Crippen LogP) is 1.62. The van der Waals surface area contributed by atoms with Gasteiger partial charge in [0, 0.05) is 23.6 Å². The lowest BCUT2D eigenvalue weighted by Gasteiger charge is -2.08. The first-order valence-electron chi connectivity index (χ1n) is 5.67. The van der Waals surface area contributed by atoms with Crippen LogP contribution in [0.2, 0.25) is 0 Å². The van der Waals surface area contributed by atoms with E-state index in [2.05, 4.69) is 26.0 Å². The van der Waals surface area contributed by atoms with E-state index >= 15 is 0 Å². The van der Waals surface area contributed by atoms with E-state index in [0.29, 0.717) is 17.1 Å². The lowest BCUT2D eigenvalue weighted by molar-refractivity contribution is 0.553. The Labute approximate surface area is 114 Å². The fourth-order valence-electron chi connectivity index (χ4n) is 1.52. The van der Waals surface area contributed by atoms with Crippen LogP contribution >= 0.6 is 15.9 Å². The minimum Gasteiger partial charge on any atom is -0.313 e. The molecular weight excluding hydrogens is 323 g/mol. The van der Waals surface area contributed by atoms with Crippen LogP contribution in [0.4, 0.5) is 4.39 Å². The summed E-state index contributed by atoms with van der Waals surface area (Å²) in [4.78, 5) is -0.322. The number of hydrogen-bond acceptors (Lipinski definition) is 3. The molecule has 4 nitrogen and oxygen atoms in total. The summed E-state index contributed by atoms with van der Waals surface area (Å²) >= 11 is 3.08. The summed E-state index contributed by atoms with van der Waals surface area (Å²) < 4.78 is 40.1. The van der Waals surface area contributed by atoms with Crippen molar-refractivity contribution in [3.63, 3.8) is 0 Å². The molecule has 0 bridgehead atoms. The highest BCUT2D eigenvalue weighted by atomic mass is 79.9. The maximum atomic E-state index is 13.5. The topological polar surface area (TPSA) is 58.2 Å². The predicted molar refractivity (Wildman–Crippen MR) is 70.3 cm³/mol. The Kier molecular flexibility index (Phi) is 4.37. The molecule has 1 aromatic rings. The van der Waals surface area contributed by atoms with Gasteiger partial charge in [0.2, 0.25) is 10.0 Å². The van der Waals surface area contributed by atoms with Gasteiger partial charge in [0.15, 0.2) is 0 Å². The van der Waals surface area contributed by atoms with Crippen LogP contribution in [-0.2, 0) is 10.0 Å². The van der Waals surface area contributed by atoms with E-state index in [9.17, 15) is 12.8 Å². The van der Waals surface area contributed by atoms with E-state index in [0.717, 1.165) is 18.9 Å². The van der Waals surface area contributed by atoms with Gasteiger partial charge in [0.05, 0.1) is 0 Å². The van der Waals surface area contributed by atoms with Gasteiger partial charge in [-0.05, 0) is 31.0 Å². The van der Waals surface area contributed by atoms with Crippen molar-refractivity contribution in [2.75, 3.05) is 13.1 Å². The lowest BCUT2D eigenvalue weighted by atomic mass is 10.3. The van der Waals surface area contributed by atoms with E-state index in [1.54, 1.807) is 0 Å². The van der Waals surface area contributed by atoms with E-state index < -0.39 is 15.8 Å². The minimum atomic E-state index is -3.77. The van der Waals surface area contributed by atoms with Crippen molar-refractivity contribution >= 4 is 26.0 Å². The van der Waals surface area contributed by atoms with Crippen molar-refractivity contribution in [3.05, 3.63) is 28.5 Å². The van der Waals surface area contributed by atoms with Crippen molar-refractivity contribution in [3.8, 4) is 0 Å². The van der Waals surface area contributed by atoms with Gasteiger partial charge in [0.1, 0.15) is 10.7 Å². The number of rotatable bonds is 6. The van der Waals surface area contributed by atoms with Crippen LogP contribution in [0.5, 0.6) is 0 Å². The van der Waals surface area contributed by atoms with E-state index in [1.165, 1.54) is 12.1 Å². The first-order valence-corrected chi connectivity index (χ1v) is 7.95. The molecule has 0 saturated heterocycles. The summed E-state index contributed by atoms with van der Waals surface area (Å²) in [7, 11) is -3.77. The number of benzene rings is 1. The van der Waals surface area contributed by atoms with Crippen molar-refractivity contribution in [2.24, 2.45) is 0 Å². The smallest absolute Gasteiger partial charge is 0.243 e. The molecule has 0 aromatic heterocycles. The number of nitrogens with one attached hydrogen (secondary N) is 2. The fourth-order valence-corrected chi connectivity index (χ4v) is 2.94. The minimum absolute atomic E-state index is 0.258. The van der Waals surface area contributed by atoms with Crippen LogP contribution in [0.3, 0.4) is 0 Å². The molecule has 0 heterocycles. The molecule has 2 rings (SSSR count). The summed E-state index contributed by atoms with van der Waals surface area (Å²) in [6.07, 6.45) is 2.29. The molecule has 2 N–H and O–H groups in total. The number of halogens is 2. The van der Waals surface area contributed by atoms with Crippen LogP contribution in [0, 0.1) is 5.82 Å². The molecule has 1 aliphatic carbocycles. The van der Waals surface area contributed by atoms with E-state index in [-0.39, 0.29) is 11.4 Å². The molecule has 0 unspecified atom stereocenters. The van der Waals surface area contributed by atoms with Gasteiger partial charge in [-0.15, -0.1) is 0 Å². The molecule has 7 heteroatoms. The summed E-state index contributed by atoms with van der Waals surface area (Å²) in [5.41, 5.74) is 0. The molecule has 0 atom stereocenters. The fraction of sp³-hybridized carbons (Fsp3) is 0.455. The number of hydrogen-bond donors (Lipinski definition) is 2. The molecule has 1 fully saturated rings. The highest BCUT2D eigenvalue weighted by Crippen LogP contribution is 2.19. The normalized spacial score (nSPS) is 15.9. The second-order valence-corrected chi connectivity index (χ2v) is 6.85. The summed E-state index contributed by atoms with van der Waals surface area (Å²) in [6, 6.07) is 4.41. The van der Waals surface area contributed by atoms with Gasteiger partial charge in [-0.25, -0.2) is 17.5 Å². The second kappa shape index (κ2) is 5.64. The Morgan fingerprint density at radius 2 is 2.06 bits per heavy atom. The third-order valence-electron chi connectivity index (χ3n) is 2.61. The monoisotopic (exact) mass is 336 g/mol. The lowest BCUT2D eigenvalue weighted by Crippen LogP contribution is -2.33. The molecule has 0 radical (unpaired) electrons. The highest BCUT2D eigenvalue weighted by molar-refractivity contribution is 9.10. The first-order chi connectivity index (χ1) is 8.49. The second-order valence-electron chi connectivity index (χ2n) is 4.20. The van der Waals surface area contributed by atoms with Crippen molar-refractivity contribution in [1.82, 2.24) is 10.0 Å². The summed E-state index contributed by atoms with van der Waals surface area (Å²) in [5, 5.41) is 3.18. The third-order valence-corrected chi connectivity index (χ3v) is 4.60. The van der Waals surface area contributed by atoms with Gasteiger partial charge >= 0.3 is 0 Å². The van der Waals surface area contributed by atoms with Gasteiger partial charge < -0.3 is 5.32 Å². The quantitative estimate of drug-likeness (QED) is 0.776. The zero-order chi connectivity index (χ0) is 13.2. The van der Waals surface area contributed by atoms with E-state index in [1.807, 2.05) is 0 Å². The van der Waals surface area contributed by atoms with Crippen molar-refractivity contribution in [1.29, 1.82) is 0 Å². The van der Waals surface area contributed by atoms with Crippen LogP contribution < -0.4 is 10.0 Å². The Morgan fingerprint density at radius 3 is 2.67 bits per heavy atom. The maximum Gasteiger partial charge on any atom is 0.243 e. The zero-order valence-electron chi connectivity index (χ0n) is 9.62. The number of sulfonamides is 1. The highest BCUT2D eigenvalue weighted by Gasteiger charge is 2.21. The largest absolute Gasteiger partial charge is 0.313 e. The average Bonchev–Trinajstić information content (AvgIpc) is 3.07. The van der Waals surface area contributed by atoms with Gasteiger partial charge in [-0.2, -0.15) is 0 Å². The van der Waals surface area contributed by atoms with Gasteiger partial charge in [-0.3, -0.25) is 0 Å². The Bertz CT molecular complexity index is 532. The van der Waals surface area contributed by atoms with Gasteiger partial charge in [0.25, 0.3) is 0 Å². The van der Waals surface area contributed by atoms with E-state index in [4.69, 9.17) is 0 Å². The molecule has 100 valence electrons. The molecule has 1 aliphatic rings. The molecule has 1 saturated carbocycles. The molecule has 1 aromatic carbocycles. The molecule has 0 spiro atoms. The Hall–Kier alpha value is -0.500. The molecule has 18 heavy (non-hydrogen) atoms. The van der Waals surface area contributed by atoms with Crippen LogP contribution in [0.15, 0.2) is 27.6 Å². The zero-order valence-corrected chi connectivity index (χ0v) is 12.0. The van der Waals surface area contributed by atoms with Crippen LogP contribution in [0.25, 0.3) is 0 Å². The summed E-state index contributed by atoms with van der Waals surface area (Å²) in [5.74, 6) is -0.757. The van der Waals surface area contributed by atoms with Crippen LogP contribution in [-0.4, -0.2) is 27.5 Å².